The van der Waals surface area contributed by atoms with Crippen molar-refractivity contribution in [3.05, 3.63) is 15.6 Å². The number of hydrogen-bond donors (Lipinski definition) is 0. The molecule has 1 aromatic rings. The largest absolute Gasteiger partial charge is 0.344 e. The second-order valence-electron chi connectivity index (χ2n) is 6.48. The first-order chi connectivity index (χ1) is 11.4. The Balaban J connectivity index is 1.87. The number of carbonyl (C=O) groups is 2. The molecule has 0 aromatic carbocycles. The monoisotopic (exact) mass is 352 g/mol. The molecule has 0 radical (unpaired) electrons. The van der Waals surface area contributed by atoms with Crippen molar-refractivity contribution in [3.8, 4) is 0 Å². The Bertz CT molecular complexity index is 577. The molecule has 1 aliphatic heterocycles. The van der Waals surface area contributed by atoms with Crippen molar-refractivity contribution in [1.29, 1.82) is 0 Å². The number of nitrogens with zero attached hydrogens (tertiary/aromatic N) is 4. The third kappa shape index (κ3) is 4.77. The molecule has 1 saturated heterocycles. The summed E-state index contributed by atoms with van der Waals surface area (Å²) in [5.41, 5.74) is 0.807. The molecule has 0 bridgehead atoms. The van der Waals surface area contributed by atoms with E-state index in [-0.39, 0.29) is 11.8 Å². The zero-order chi connectivity index (χ0) is 17.7. The lowest BCUT2D eigenvalue weighted by atomic mass is 10.2. The number of rotatable bonds is 6. The van der Waals surface area contributed by atoms with E-state index in [1.54, 1.807) is 19.0 Å². The molecule has 2 heterocycles. The number of thiazole rings is 1. The summed E-state index contributed by atoms with van der Waals surface area (Å²) in [6.07, 6.45) is 2.70. The van der Waals surface area contributed by atoms with Gasteiger partial charge < -0.3 is 9.80 Å². The Labute approximate surface area is 148 Å². The lowest BCUT2D eigenvalue weighted by Gasteiger charge is -2.34. The molecular weight excluding hydrogens is 324 g/mol. The standard InChI is InChI=1S/C17H28N4O2S/c1-5-6-7-15(22)21-10-8-20(9-11-21)12-14-18-13(2)16(24-14)17(23)19(3)4/h5-12H2,1-4H3. The highest BCUT2D eigenvalue weighted by Crippen LogP contribution is 2.21. The van der Waals surface area contributed by atoms with Crippen LogP contribution in [0.5, 0.6) is 0 Å². The molecule has 0 aliphatic carbocycles. The van der Waals surface area contributed by atoms with Crippen molar-refractivity contribution >= 4 is 23.2 Å². The molecule has 0 atom stereocenters. The van der Waals surface area contributed by atoms with Crippen LogP contribution in [0.1, 0.15) is 46.6 Å². The van der Waals surface area contributed by atoms with Gasteiger partial charge in [0.2, 0.25) is 5.91 Å². The van der Waals surface area contributed by atoms with Crippen molar-refractivity contribution in [2.75, 3.05) is 40.3 Å². The quantitative estimate of drug-likeness (QED) is 0.786. The predicted molar refractivity (Wildman–Crippen MR) is 96.3 cm³/mol. The van der Waals surface area contributed by atoms with Crippen LogP contribution in [0.15, 0.2) is 0 Å². The highest BCUT2D eigenvalue weighted by Gasteiger charge is 2.23. The van der Waals surface area contributed by atoms with Crippen molar-refractivity contribution in [2.24, 2.45) is 0 Å². The summed E-state index contributed by atoms with van der Waals surface area (Å²) < 4.78 is 0. The molecule has 134 valence electrons. The van der Waals surface area contributed by atoms with E-state index in [4.69, 9.17) is 0 Å². The maximum Gasteiger partial charge on any atom is 0.265 e. The third-order valence-electron chi connectivity index (χ3n) is 4.27. The minimum Gasteiger partial charge on any atom is -0.344 e. The number of aryl methyl sites for hydroxylation is 1. The lowest BCUT2D eigenvalue weighted by Crippen LogP contribution is -2.48. The van der Waals surface area contributed by atoms with E-state index in [0.717, 1.165) is 61.1 Å². The van der Waals surface area contributed by atoms with Gasteiger partial charge in [0.25, 0.3) is 5.91 Å². The van der Waals surface area contributed by atoms with E-state index in [2.05, 4.69) is 16.8 Å². The summed E-state index contributed by atoms with van der Waals surface area (Å²) in [4.78, 5) is 35.3. The molecule has 6 nitrogen and oxygen atoms in total. The van der Waals surface area contributed by atoms with Crippen molar-refractivity contribution in [2.45, 2.75) is 39.7 Å². The number of unbranched alkanes of at least 4 members (excludes halogenated alkanes) is 1. The van der Waals surface area contributed by atoms with Gasteiger partial charge in [0.15, 0.2) is 0 Å². The Morgan fingerprint density at radius 2 is 1.88 bits per heavy atom. The normalized spacial score (nSPS) is 15.6. The van der Waals surface area contributed by atoms with Crippen LogP contribution in [0.3, 0.4) is 0 Å². The zero-order valence-corrected chi connectivity index (χ0v) is 16.0. The summed E-state index contributed by atoms with van der Waals surface area (Å²) in [6, 6.07) is 0. The van der Waals surface area contributed by atoms with Crippen LogP contribution < -0.4 is 0 Å². The smallest absolute Gasteiger partial charge is 0.265 e. The summed E-state index contributed by atoms with van der Waals surface area (Å²) in [5.74, 6) is 0.294. The minimum absolute atomic E-state index is 0.0163. The average molecular weight is 353 g/mol. The average Bonchev–Trinajstić information content (AvgIpc) is 2.92. The first-order valence-corrected chi connectivity index (χ1v) is 9.42. The SMILES string of the molecule is CCCCC(=O)N1CCN(Cc2nc(C)c(C(=O)N(C)C)s2)CC1. The molecule has 0 saturated carbocycles. The van der Waals surface area contributed by atoms with E-state index in [1.165, 1.54) is 11.3 Å². The molecule has 1 aromatic heterocycles. The van der Waals surface area contributed by atoms with E-state index < -0.39 is 0 Å². The highest BCUT2D eigenvalue weighted by atomic mass is 32.1. The van der Waals surface area contributed by atoms with Crippen LogP contribution in [0.4, 0.5) is 0 Å². The topological polar surface area (TPSA) is 56.8 Å². The lowest BCUT2D eigenvalue weighted by molar-refractivity contribution is -0.133. The van der Waals surface area contributed by atoms with Crippen molar-refractivity contribution in [1.82, 2.24) is 19.7 Å². The maximum absolute atomic E-state index is 12.1. The van der Waals surface area contributed by atoms with Crippen LogP contribution in [-0.2, 0) is 11.3 Å². The number of carbonyl (C=O) groups excluding carboxylic acids is 2. The van der Waals surface area contributed by atoms with E-state index >= 15 is 0 Å². The molecule has 0 N–H and O–H groups in total. The van der Waals surface area contributed by atoms with Gasteiger partial charge in [-0.3, -0.25) is 14.5 Å². The highest BCUT2D eigenvalue weighted by molar-refractivity contribution is 7.13. The molecule has 2 rings (SSSR count). The van der Waals surface area contributed by atoms with Gasteiger partial charge >= 0.3 is 0 Å². The summed E-state index contributed by atoms with van der Waals surface area (Å²) in [7, 11) is 3.52. The van der Waals surface area contributed by atoms with Gasteiger partial charge in [-0.15, -0.1) is 11.3 Å². The van der Waals surface area contributed by atoms with E-state index in [1.807, 2.05) is 11.8 Å². The van der Waals surface area contributed by atoms with Gasteiger partial charge in [-0.1, -0.05) is 13.3 Å². The van der Waals surface area contributed by atoms with Gasteiger partial charge in [0.1, 0.15) is 9.88 Å². The first kappa shape index (κ1) is 18.9. The Hall–Kier alpha value is -1.47. The molecule has 1 fully saturated rings. The second-order valence-corrected chi connectivity index (χ2v) is 7.57. The maximum atomic E-state index is 12.1. The van der Waals surface area contributed by atoms with E-state index in [0.29, 0.717) is 6.42 Å². The fourth-order valence-corrected chi connectivity index (χ4v) is 3.88. The van der Waals surface area contributed by atoms with Crippen molar-refractivity contribution < 1.29 is 9.59 Å². The van der Waals surface area contributed by atoms with Gasteiger partial charge in [0.05, 0.1) is 12.2 Å². The Kier molecular flexibility index (Phi) is 6.74. The molecule has 7 heteroatoms. The summed E-state index contributed by atoms with van der Waals surface area (Å²) in [5, 5.41) is 0.975. The summed E-state index contributed by atoms with van der Waals surface area (Å²) in [6.45, 7) is 8.06. The van der Waals surface area contributed by atoms with Gasteiger partial charge in [-0.2, -0.15) is 0 Å². The van der Waals surface area contributed by atoms with Crippen LogP contribution in [0, 0.1) is 6.92 Å². The van der Waals surface area contributed by atoms with Gasteiger partial charge in [0, 0.05) is 46.7 Å². The first-order valence-electron chi connectivity index (χ1n) is 8.60. The summed E-state index contributed by atoms with van der Waals surface area (Å²) >= 11 is 1.48. The zero-order valence-electron chi connectivity index (χ0n) is 15.2. The van der Waals surface area contributed by atoms with Crippen LogP contribution in [-0.4, -0.2) is 71.8 Å². The van der Waals surface area contributed by atoms with Crippen LogP contribution in [0.2, 0.25) is 0 Å². The van der Waals surface area contributed by atoms with Gasteiger partial charge in [-0.05, 0) is 13.3 Å². The fraction of sp³-hybridized carbons (Fsp3) is 0.706. The molecule has 0 unspecified atom stereocenters. The number of piperazine rings is 1. The molecular formula is C17H28N4O2S. The fourth-order valence-electron chi connectivity index (χ4n) is 2.75. The number of aromatic nitrogens is 1. The third-order valence-corrected chi connectivity index (χ3v) is 5.40. The van der Waals surface area contributed by atoms with Crippen LogP contribution in [0.25, 0.3) is 0 Å². The number of hydrogen-bond acceptors (Lipinski definition) is 5. The minimum atomic E-state index is 0.0163. The number of amides is 2. The predicted octanol–water partition coefficient (Wildman–Crippen LogP) is 1.99. The Morgan fingerprint density at radius 3 is 2.46 bits per heavy atom. The molecule has 2 amide bonds. The molecule has 24 heavy (non-hydrogen) atoms. The van der Waals surface area contributed by atoms with Gasteiger partial charge in [-0.25, -0.2) is 4.98 Å². The molecule has 0 spiro atoms. The van der Waals surface area contributed by atoms with Crippen molar-refractivity contribution in [3.63, 3.8) is 0 Å². The Morgan fingerprint density at radius 1 is 1.21 bits per heavy atom. The second kappa shape index (κ2) is 8.58. The molecule has 1 aliphatic rings. The van der Waals surface area contributed by atoms with E-state index in [9.17, 15) is 9.59 Å². The van der Waals surface area contributed by atoms with Crippen LogP contribution >= 0.6 is 11.3 Å².